The first kappa shape index (κ1) is 23.1. The van der Waals surface area contributed by atoms with Crippen molar-refractivity contribution in [2.75, 3.05) is 31.5 Å². The van der Waals surface area contributed by atoms with E-state index in [0.717, 1.165) is 57.5 Å². The topological polar surface area (TPSA) is 52.7 Å². The number of rotatable bonds is 4. The zero-order valence-electron chi connectivity index (χ0n) is 18.3. The monoisotopic (exact) mass is 473 g/mol. The second-order valence-electron chi connectivity index (χ2n) is 8.85. The summed E-state index contributed by atoms with van der Waals surface area (Å²) in [6.07, 6.45) is 3.64. The molecule has 1 N–H and O–H groups in total. The Morgan fingerprint density at radius 2 is 1.47 bits per heavy atom. The number of nitrogens with zero attached hydrogens (tertiary/aromatic N) is 2. The van der Waals surface area contributed by atoms with E-state index >= 15 is 0 Å². The molecule has 2 amide bonds. The summed E-state index contributed by atoms with van der Waals surface area (Å²) in [4.78, 5) is 29.9. The van der Waals surface area contributed by atoms with Crippen LogP contribution in [0.15, 0.2) is 42.5 Å². The summed E-state index contributed by atoms with van der Waals surface area (Å²) >= 11 is 12.1. The Kier molecular flexibility index (Phi) is 7.39. The Balaban J connectivity index is 1.24. The third-order valence-corrected chi connectivity index (χ3v) is 7.03. The molecule has 2 fully saturated rings. The van der Waals surface area contributed by atoms with Crippen molar-refractivity contribution in [2.45, 2.75) is 38.6 Å². The minimum Gasteiger partial charge on any atom is -0.339 e. The maximum Gasteiger partial charge on any atom is 0.253 e. The third-order valence-electron chi connectivity index (χ3n) is 6.60. The molecule has 0 aliphatic carbocycles. The molecule has 32 heavy (non-hydrogen) atoms. The Morgan fingerprint density at radius 1 is 0.875 bits per heavy atom. The molecule has 0 saturated carbocycles. The summed E-state index contributed by atoms with van der Waals surface area (Å²) in [5.41, 5.74) is 2.59. The van der Waals surface area contributed by atoms with Gasteiger partial charge in [0.05, 0.1) is 0 Å². The molecular formula is C25H29Cl2N3O2. The number of nitrogens with one attached hydrogen (secondary N) is 1. The number of aryl methyl sites for hydroxylation is 1. The summed E-state index contributed by atoms with van der Waals surface area (Å²) < 4.78 is 0. The number of carbonyl (C=O) groups excluding carboxylic acids is 2. The molecule has 0 unspecified atom stereocenters. The number of halogens is 2. The lowest BCUT2D eigenvalue weighted by Gasteiger charge is -2.41. The van der Waals surface area contributed by atoms with Gasteiger partial charge in [0.2, 0.25) is 5.91 Å². The van der Waals surface area contributed by atoms with Gasteiger partial charge in [-0.3, -0.25) is 9.59 Å². The van der Waals surface area contributed by atoms with Gasteiger partial charge in [0.25, 0.3) is 5.91 Å². The lowest BCUT2D eigenvalue weighted by molar-refractivity contribution is -0.121. The number of benzene rings is 2. The molecule has 0 radical (unpaired) electrons. The minimum atomic E-state index is -0.0145. The van der Waals surface area contributed by atoms with Crippen LogP contribution in [0.4, 0.5) is 5.69 Å². The average Bonchev–Trinajstić information content (AvgIpc) is 2.79. The van der Waals surface area contributed by atoms with E-state index in [1.165, 1.54) is 5.56 Å². The van der Waals surface area contributed by atoms with Crippen LogP contribution >= 0.6 is 23.2 Å². The zero-order chi connectivity index (χ0) is 22.7. The van der Waals surface area contributed by atoms with Crippen LogP contribution in [-0.4, -0.2) is 53.8 Å². The highest BCUT2D eigenvalue weighted by Crippen LogP contribution is 2.26. The smallest absolute Gasteiger partial charge is 0.253 e. The number of hydrogen-bond donors (Lipinski definition) is 1. The van der Waals surface area contributed by atoms with Gasteiger partial charge in [-0.2, -0.15) is 0 Å². The van der Waals surface area contributed by atoms with Gasteiger partial charge in [0.15, 0.2) is 0 Å². The van der Waals surface area contributed by atoms with Gasteiger partial charge in [-0.25, -0.2) is 0 Å². The molecule has 2 aliphatic rings. The molecule has 7 heteroatoms. The number of hydrogen-bond acceptors (Lipinski definition) is 3. The molecule has 2 heterocycles. The van der Waals surface area contributed by atoms with Crippen molar-refractivity contribution < 1.29 is 9.59 Å². The SMILES string of the molecule is Cc1ccc(NC(=O)C2CCN(C3CCN(C(=O)c4cc(Cl)cc(Cl)c4)CC3)CC2)cc1. The van der Waals surface area contributed by atoms with Crippen molar-refractivity contribution >= 4 is 40.7 Å². The van der Waals surface area contributed by atoms with Crippen LogP contribution < -0.4 is 5.32 Å². The van der Waals surface area contributed by atoms with Crippen LogP contribution in [0.5, 0.6) is 0 Å². The Bertz CT molecular complexity index is 943. The van der Waals surface area contributed by atoms with E-state index in [1.807, 2.05) is 36.1 Å². The van der Waals surface area contributed by atoms with Gasteiger partial charge < -0.3 is 15.1 Å². The highest BCUT2D eigenvalue weighted by Gasteiger charge is 2.32. The quantitative estimate of drug-likeness (QED) is 0.658. The summed E-state index contributed by atoms with van der Waals surface area (Å²) in [5, 5.41) is 4.01. The molecule has 5 nitrogen and oxygen atoms in total. The van der Waals surface area contributed by atoms with Crippen LogP contribution in [0.2, 0.25) is 10.0 Å². The van der Waals surface area contributed by atoms with Crippen LogP contribution in [0.3, 0.4) is 0 Å². The second kappa shape index (κ2) is 10.2. The summed E-state index contributed by atoms with van der Waals surface area (Å²) in [6, 6.07) is 13.4. The molecule has 170 valence electrons. The van der Waals surface area contributed by atoms with Crippen LogP contribution in [0.1, 0.15) is 41.6 Å². The third kappa shape index (κ3) is 5.64. The van der Waals surface area contributed by atoms with Crippen molar-refractivity contribution in [1.29, 1.82) is 0 Å². The molecule has 2 aliphatic heterocycles. The van der Waals surface area contributed by atoms with Crippen LogP contribution in [0, 0.1) is 12.8 Å². The highest BCUT2D eigenvalue weighted by atomic mass is 35.5. The summed E-state index contributed by atoms with van der Waals surface area (Å²) in [5.74, 6) is 0.162. The van der Waals surface area contributed by atoms with Gasteiger partial charge >= 0.3 is 0 Å². The second-order valence-corrected chi connectivity index (χ2v) is 9.72. The molecule has 0 atom stereocenters. The fourth-order valence-electron chi connectivity index (χ4n) is 4.70. The van der Waals surface area contributed by atoms with E-state index in [4.69, 9.17) is 23.2 Å². The molecule has 0 bridgehead atoms. The number of likely N-dealkylation sites (tertiary alicyclic amines) is 2. The molecular weight excluding hydrogens is 445 g/mol. The number of anilines is 1. The fraction of sp³-hybridized carbons (Fsp3) is 0.440. The Hall–Kier alpha value is -2.08. The van der Waals surface area contributed by atoms with E-state index in [-0.39, 0.29) is 17.7 Å². The van der Waals surface area contributed by atoms with Crippen molar-refractivity contribution in [1.82, 2.24) is 9.80 Å². The van der Waals surface area contributed by atoms with E-state index in [9.17, 15) is 9.59 Å². The molecule has 2 saturated heterocycles. The standard InChI is InChI=1S/C25H29Cl2N3O2/c1-17-2-4-22(5-3-17)28-24(31)18-6-10-29(11-7-18)23-8-12-30(13-9-23)25(32)19-14-20(26)16-21(27)15-19/h2-5,14-16,18,23H,6-13H2,1H3,(H,28,31). The lowest BCUT2D eigenvalue weighted by atomic mass is 9.92. The van der Waals surface area contributed by atoms with E-state index in [1.54, 1.807) is 18.2 Å². The summed E-state index contributed by atoms with van der Waals surface area (Å²) in [6.45, 7) is 5.33. The van der Waals surface area contributed by atoms with E-state index in [0.29, 0.717) is 21.7 Å². The van der Waals surface area contributed by atoms with Gasteiger partial charge in [-0.1, -0.05) is 40.9 Å². The predicted octanol–water partition coefficient (Wildman–Crippen LogP) is 5.26. The van der Waals surface area contributed by atoms with Gasteiger partial charge in [0.1, 0.15) is 0 Å². The van der Waals surface area contributed by atoms with Crippen molar-refractivity contribution in [3.8, 4) is 0 Å². The Labute approximate surface area is 199 Å². The first-order valence-electron chi connectivity index (χ1n) is 11.3. The van der Waals surface area contributed by atoms with Crippen LogP contribution in [0.25, 0.3) is 0 Å². The van der Waals surface area contributed by atoms with Gasteiger partial charge in [-0.15, -0.1) is 0 Å². The van der Waals surface area contributed by atoms with Crippen molar-refractivity contribution in [3.05, 3.63) is 63.6 Å². The molecule has 2 aromatic carbocycles. The number of carbonyl (C=O) groups is 2. The van der Waals surface area contributed by atoms with Crippen molar-refractivity contribution in [3.63, 3.8) is 0 Å². The zero-order valence-corrected chi connectivity index (χ0v) is 19.8. The molecule has 4 rings (SSSR count). The van der Waals surface area contributed by atoms with E-state index in [2.05, 4.69) is 10.2 Å². The van der Waals surface area contributed by atoms with Gasteiger partial charge in [-0.05, 0) is 76.0 Å². The predicted molar refractivity (Wildman–Crippen MR) is 129 cm³/mol. The number of piperidine rings is 2. The maximum absolute atomic E-state index is 12.8. The molecule has 0 aromatic heterocycles. The largest absolute Gasteiger partial charge is 0.339 e. The number of amides is 2. The normalized spacial score (nSPS) is 18.5. The van der Waals surface area contributed by atoms with Crippen LogP contribution in [-0.2, 0) is 4.79 Å². The van der Waals surface area contributed by atoms with Gasteiger partial charge in [0, 0.05) is 46.3 Å². The highest BCUT2D eigenvalue weighted by molar-refractivity contribution is 6.35. The average molecular weight is 474 g/mol. The van der Waals surface area contributed by atoms with E-state index < -0.39 is 0 Å². The minimum absolute atomic E-state index is 0.0145. The van der Waals surface area contributed by atoms with Crippen molar-refractivity contribution in [2.24, 2.45) is 5.92 Å². The molecule has 2 aromatic rings. The summed E-state index contributed by atoms with van der Waals surface area (Å²) in [7, 11) is 0. The fourth-order valence-corrected chi connectivity index (χ4v) is 5.23. The Morgan fingerprint density at radius 3 is 2.06 bits per heavy atom. The molecule has 0 spiro atoms. The maximum atomic E-state index is 12.8. The first-order chi connectivity index (χ1) is 15.4. The lowest BCUT2D eigenvalue weighted by Crippen LogP contribution is -2.49. The first-order valence-corrected chi connectivity index (χ1v) is 12.0.